The van der Waals surface area contributed by atoms with Gasteiger partial charge >= 0.3 is 6.18 Å². The molecule has 47 heavy (non-hydrogen) atoms. The van der Waals surface area contributed by atoms with E-state index in [-0.39, 0.29) is 52.8 Å². The molecule has 0 spiro atoms. The van der Waals surface area contributed by atoms with Gasteiger partial charge in [-0.2, -0.15) is 13.2 Å². The molecule has 1 aromatic heterocycles. The average Bonchev–Trinajstić information content (AvgIpc) is 3.33. The molecule has 0 radical (unpaired) electrons. The van der Waals surface area contributed by atoms with Gasteiger partial charge in [-0.3, -0.25) is 4.79 Å². The predicted octanol–water partition coefficient (Wildman–Crippen LogP) is 4.50. The number of amides is 1. The maximum absolute atomic E-state index is 14.8. The topological polar surface area (TPSA) is 139 Å². The van der Waals surface area contributed by atoms with Crippen LogP contribution >= 0.6 is 0 Å². The highest BCUT2D eigenvalue weighted by Gasteiger charge is 2.57. The van der Waals surface area contributed by atoms with Crippen LogP contribution in [0.4, 0.5) is 17.6 Å². The van der Waals surface area contributed by atoms with E-state index in [2.05, 4.69) is 15.0 Å². The van der Waals surface area contributed by atoms with Gasteiger partial charge in [-0.15, -0.1) is 0 Å². The van der Waals surface area contributed by atoms with Crippen molar-refractivity contribution in [2.75, 3.05) is 26.9 Å². The Balaban J connectivity index is 1.77. The first-order valence-electron chi connectivity index (χ1n) is 14.5. The molecule has 1 aliphatic rings. The number of halogens is 4. The van der Waals surface area contributed by atoms with Gasteiger partial charge in [0.05, 0.1) is 46.7 Å². The van der Waals surface area contributed by atoms with Crippen LogP contribution in [0.5, 0.6) is 17.2 Å². The van der Waals surface area contributed by atoms with Crippen LogP contribution in [0, 0.1) is 5.82 Å². The van der Waals surface area contributed by atoms with Crippen LogP contribution in [-0.2, 0) is 22.1 Å². The number of aliphatic hydroxyl groups excluding tert-OH is 1. The van der Waals surface area contributed by atoms with Crippen LogP contribution in [0.1, 0.15) is 56.2 Å². The van der Waals surface area contributed by atoms with E-state index in [9.17, 15) is 36.8 Å². The SMILES string of the molecule is COc1cc(C(=O)NCC(O)(c2cc3c(c(-c4ccc(F)cc4)n2)OC[C@@]3(C)NS(=O)C(C)(C)C)C(F)(F)F)ccc1OC[C@@H](C)O. The number of nitrogens with zero attached hydrogens (tertiary/aromatic N) is 1. The van der Waals surface area contributed by atoms with E-state index < -0.39 is 63.1 Å². The molecule has 10 nitrogen and oxygen atoms in total. The molecule has 1 amide bonds. The summed E-state index contributed by atoms with van der Waals surface area (Å²) in [4.78, 5) is 17.2. The van der Waals surface area contributed by atoms with Gasteiger partial charge in [0, 0.05) is 16.7 Å². The smallest absolute Gasteiger partial charge is 0.424 e. The molecule has 0 fully saturated rings. The summed E-state index contributed by atoms with van der Waals surface area (Å²) in [7, 11) is -0.384. The van der Waals surface area contributed by atoms with Gasteiger partial charge in [0.1, 0.15) is 24.7 Å². The average molecular weight is 684 g/mol. The number of carbonyl (C=O) groups excluding carboxylic acids is 1. The van der Waals surface area contributed by atoms with Gasteiger partial charge in [-0.05, 0) is 83.1 Å². The van der Waals surface area contributed by atoms with E-state index >= 15 is 0 Å². The van der Waals surface area contributed by atoms with Gasteiger partial charge in [-0.1, -0.05) is 0 Å². The number of aliphatic hydroxyl groups is 2. The molecular weight excluding hydrogens is 646 g/mol. The minimum Gasteiger partial charge on any atom is -0.493 e. The van der Waals surface area contributed by atoms with Crippen molar-refractivity contribution < 1.29 is 51.0 Å². The zero-order chi connectivity index (χ0) is 34.9. The number of aromatic nitrogens is 1. The Hall–Kier alpha value is -3.79. The summed E-state index contributed by atoms with van der Waals surface area (Å²) in [6.07, 6.45) is -6.14. The lowest BCUT2D eigenvalue weighted by Crippen LogP contribution is -2.52. The monoisotopic (exact) mass is 683 g/mol. The first-order chi connectivity index (χ1) is 21.8. The number of fused-ring (bicyclic) bond motifs is 1. The Morgan fingerprint density at radius 3 is 2.36 bits per heavy atom. The van der Waals surface area contributed by atoms with Gasteiger partial charge in [0.2, 0.25) is 5.60 Å². The molecule has 2 unspecified atom stereocenters. The number of hydrogen-bond donors (Lipinski definition) is 4. The second kappa shape index (κ2) is 13.4. The number of rotatable bonds is 11. The third kappa shape index (κ3) is 7.69. The Kier molecular flexibility index (Phi) is 10.3. The zero-order valence-electron chi connectivity index (χ0n) is 26.6. The highest BCUT2D eigenvalue weighted by Crippen LogP contribution is 2.47. The Morgan fingerprint density at radius 1 is 1.13 bits per heavy atom. The second-order valence-corrected chi connectivity index (χ2v) is 14.4. The van der Waals surface area contributed by atoms with E-state index in [1.807, 2.05) is 0 Å². The fraction of sp³-hybridized carbons (Fsp3) is 0.438. The van der Waals surface area contributed by atoms with Crippen LogP contribution in [-0.4, -0.2) is 69.2 Å². The summed E-state index contributed by atoms with van der Waals surface area (Å²) in [6, 6.07) is 9.70. The first-order valence-corrected chi connectivity index (χ1v) is 15.6. The molecule has 4 rings (SSSR count). The minimum absolute atomic E-state index is 0.0693. The summed E-state index contributed by atoms with van der Waals surface area (Å²) in [5, 5.41) is 23.0. The van der Waals surface area contributed by atoms with Crippen LogP contribution in [0.15, 0.2) is 48.5 Å². The summed E-state index contributed by atoms with van der Waals surface area (Å²) < 4.78 is 90.1. The third-order valence-corrected chi connectivity index (χ3v) is 9.12. The highest BCUT2D eigenvalue weighted by molar-refractivity contribution is 7.84. The van der Waals surface area contributed by atoms with Crippen molar-refractivity contribution in [3.63, 3.8) is 0 Å². The third-order valence-electron chi connectivity index (χ3n) is 7.37. The molecule has 0 aliphatic carbocycles. The fourth-order valence-electron chi connectivity index (χ4n) is 4.63. The lowest BCUT2D eigenvalue weighted by atomic mass is 9.89. The predicted molar refractivity (Wildman–Crippen MR) is 166 cm³/mol. The normalized spacial score (nSPS) is 18.8. The van der Waals surface area contributed by atoms with E-state index in [0.29, 0.717) is 0 Å². The number of alkyl halides is 3. The van der Waals surface area contributed by atoms with Crippen molar-refractivity contribution in [1.82, 2.24) is 15.0 Å². The number of nitrogens with one attached hydrogen (secondary N) is 2. The van der Waals surface area contributed by atoms with Gasteiger partial charge < -0.3 is 29.7 Å². The maximum atomic E-state index is 14.8. The quantitative estimate of drug-likeness (QED) is 0.217. The van der Waals surface area contributed by atoms with E-state index in [0.717, 1.165) is 18.2 Å². The number of benzene rings is 2. The van der Waals surface area contributed by atoms with Crippen molar-refractivity contribution in [3.8, 4) is 28.5 Å². The molecule has 3 aromatic rings. The lowest BCUT2D eigenvalue weighted by Gasteiger charge is -2.32. The van der Waals surface area contributed by atoms with E-state index in [1.54, 1.807) is 27.7 Å². The number of pyridine rings is 1. The van der Waals surface area contributed by atoms with Crippen molar-refractivity contribution in [3.05, 3.63) is 71.2 Å². The Morgan fingerprint density at radius 2 is 1.79 bits per heavy atom. The van der Waals surface area contributed by atoms with Crippen LogP contribution < -0.4 is 24.2 Å². The van der Waals surface area contributed by atoms with Gasteiger partial charge in [0.15, 0.2) is 17.2 Å². The van der Waals surface area contributed by atoms with Crippen LogP contribution in [0.3, 0.4) is 0 Å². The maximum Gasteiger partial charge on any atom is 0.424 e. The van der Waals surface area contributed by atoms with E-state index in [1.165, 1.54) is 44.4 Å². The number of carbonyl (C=O) groups is 1. The molecule has 4 atom stereocenters. The van der Waals surface area contributed by atoms with Crippen molar-refractivity contribution in [1.29, 1.82) is 0 Å². The summed E-state index contributed by atoms with van der Waals surface area (Å²) >= 11 is 0. The van der Waals surface area contributed by atoms with Gasteiger partial charge in [0.25, 0.3) is 5.91 Å². The molecule has 2 aromatic carbocycles. The summed E-state index contributed by atoms with van der Waals surface area (Å²) in [5.41, 5.74) is -5.76. The zero-order valence-corrected chi connectivity index (χ0v) is 27.4. The highest BCUT2D eigenvalue weighted by atomic mass is 32.2. The largest absolute Gasteiger partial charge is 0.493 e. The lowest BCUT2D eigenvalue weighted by molar-refractivity contribution is -0.265. The number of ether oxygens (including phenoxy) is 3. The van der Waals surface area contributed by atoms with Crippen LogP contribution in [0.25, 0.3) is 11.3 Å². The van der Waals surface area contributed by atoms with E-state index in [4.69, 9.17) is 14.2 Å². The number of methoxy groups -OCH3 is 1. The van der Waals surface area contributed by atoms with Crippen molar-refractivity contribution in [2.24, 2.45) is 0 Å². The molecular formula is C32H37F4N3O7S. The minimum atomic E-state index is -5.35. The van der Waals surface area contributed by atoms with Gasteiger partial charge in [-0.25, -0.2) is 18.3 Å². The summed E-state index contributed by atoms with van der Waals surface area (Å²) in [6.45, 7) is 6.70. The molecule has 15 heteroatoms. The molecule has 0 saturated carbocycles. The Labute approximate surface area is 272 Å². The number of hydrogen-bond acceptors (Lipinski definition) is 8. The van der Waals surface area contributed by atoms with Crippen molar-refractivity contribution >= 4 is 16.9 Å². The molecule has 0 bridgehead atoms. The fourth-order valence-corrected chi connectivity index (χ4v) is 5.51. The van der Waals surface area contributed by atoms with Crippen LogP contribution in [0.2, 0.25) is 0 Å². The molecule has 2 heterocycles. The molecule has 1 aliphatic heterocycles. The summed E-state index contributed by atoms with van der Waals surface area (Å²) in [5.74, 6) is -1.21. The molecule has 4 N–H and O–H groups in total. The first kappa shape index (κ1) is 36.1. The second-order valence-electron chi connectivity index (χ2n) is 12.4. The Bertz CT molecular complexity index is 1650. The standard InChI is InChI=1S/C32H37F4N3O7S/c1-18(40)15-45-23-12-9-20(13-24(23)44-6)28(41)37-16-31(42,32(34,35)36)25-14-22-27(26(38-25)19-7-10-21(33)11-8-19)46-17-30(22,5)39-47(43)29(2,3)4/h7-14,18,39-40,42H,15-17H2,1-6H3,(H,37,41)/t18-,30-,31?,47?/m1/s1. The molecule has 0 saturated heterocycles. The van der Waals surface area contributed by atoms with Crippen molar-refractivity contribution in [2.45, 2.75) is 62.8 Å². The molecule has 256 valence electrons.